The summed E-state index contributed by atoms with van der Waals surface area (Å²) in [6.07, 6.45) is -1.77. The van der Waals surface area contributed by atoms with Crippen LogP contribution in [-0.2, 0) is 78.5 Å². The normalized spacial score (nSPS) is 29.4. The molecule has 0 aromatic carbocycles. The first-order valence-electron chi connectivity index (χ1n) is 39.1. The minimum absolute atomic E-state index is 0.0526. The molecule has 4 aliphatic rings. The summed E-state index contributed by atoms with van der Waals surface area (Å²) in [7, 11) is 0. The zero-order valence-corrected chi connectivity index (χ0v) is 65.6. The Balaban J connectivity index is 1.12. The smallest absolute Gasteiger partial charge is 0.217 e. The van der Waals surface area contributed by atoms with Crippen molar-refractivity contribution in [1.29, 1.82) is 0 Å². The summed E-state index contributed by atoms with van der Waals surface area (Å²) in [4.78, 5) is 47.6. The molecule has 6 heterocycles. The number of hydrazine groups is 1. The number of ketones is 1. The fourth-order valence-corrected chi connectivity index (χ4v) is 13.7. The second-order valence-electron chi connectivity index (χ2n) is 30.5. The molecule has 2 amide bonds. The molecule has 4 saturated heterocycles. The van der Waals surface area contributed by atoms with Crippen LogP contribution < -0.4 is 28.1 Å². The maximum Gasteiger partial charge on any atom is 0.217 e. The van der Waals surface area contributed by atoms with E-state index in [1.807, 2.05) is 38.1 Å². The first kappa shape index (κ1) is 94.3. The number of hydrazone groups is 1. The van der Waals surface area contributed by atoms with Gasteiger partial charge in [-0.3, -0.25) is 38.5 Å². The Kier molecular flexibility index (Phi) is 41.4. The first-order valence-corrected chi connectivity index (χ1v) is 39.1. The SMILES string of the molecule is CC(=O)N[C@H]1[C@H](OCCCCCN(N)/C=C(\N)CN(CC(C=NCCCCCOC2O[C@H](CO)[C@H](O)[C@H](O)[C@H]2C)=NN)[C@@H](CCCCN(Cc2cn(CCCCCO[C@@H]3O[C@H](CO)[C@H](O)[C@H](O)[C@H]3C)nn2)Cc2cn(CCCCCO[C@@H]3O[C@H](CO)[C@H](O)[C@H](O)[C@H]3NC(C)=O)nn2)C(=O)C(C)(C)C)O[C@H](CO)[C@H](O)[C@@H]1O. The number of ether oxygens (including phenoxy) is 8. The number of Topliss-reactive ketones (excluding diaryl/α,β-unsaturated/α-hetero) is 1. The number of carbonyl (C=O) groups excluding carboxylic acids is 3. The lowest BCUT2D eigenvalue weighted by molar-refractivity contribution is -0.282. The number of aliphatic hydroxyl groups excluding tert-OH is 12. The van der Waals surface area contributed by atoms with Crippen molar-refractivity contribution in [3.05, 3.63) is 35.7 Å². The van der Waals surface area contributed by atoms with Crippen molar-refractivity contribution in [2.45, 2.75) is 287 Å². The number of unbranched alkanes of at least 4 members (excludes halogenated alkanes) is 9. The highest BCUT2D eigenvalue weighted by molar-refractivity contribution is 6.31. The standard InChI is InChI=1S/C72H130N16O23/c1-44-59(95)61(97)53(40-89)108-68(44)104-28-18-8-13-23-76-32-49(79-74)37-85(33-48(73)34-86(75)25-14-9-19-30-106-70-57(77-46(3)93)65(101)63(99)55(42-91)110-70)52(67(103)72(5,6)7)22-12-17-24-84(35-50-38-87(82-80-50)26-15-10-20-29-105-69-45(2)60(96)62(98)54(41-90)109-69)36-51-39-88(83-81-51)27-16-11-21-31-107-71-58(78-47(4)94)66(102)64(100)56(43-92)111-71/h32,34,38-39,44-45,52-66,68-71,89-92,95-102H,8-31,33,35-37,40-43,73-75H2,1-7H3,(H,77,93)(H,78,94)/b48-34-,76-32?,79-49?/t44-,45-,52+,53-,54-,55-,56-,57-,58-,59-,60-,61+,62+,63+,64+,65-,66-,68?,69-,70-,71-/m1/s1. The van der Waals surface area contributed by atoms with Crippen molar-refractivity contribution in [1.82, 2.24) is 55.4 Å². The molecule has 0 saturated carbocycles. The molecule has 39 nitrogen and oxygen atoms in total. The maximum absolute atomic E-state index is 14.9. The Morgan fingerprint density at radius 2 is 0.973 bits per heavy atom. The van der Waals surface area contributed by atoms with Crippen molar-refractivity contribution in [3.8, 4) is 0 Å². The average molecular weight is 1590 g/mol. The summed E-state index contributed by atoms with van der Waals surface area (Å²) < 4.78 is 50.0. The van der Waals surface area contributed by atoms with Crippen LogP contribution in [0.1, 0.15) is 156 Å². The number of aliphatic hydroxyl groups is 12. The fraction of sp³-hybridized carbons (Fsp3) is 0.847. The van der Waals surface area contributed by atoms with Crippen LogP contribution in [0.2, 0.25) is 0 Å². The molecule has 0 bridgehead atoms. The minimum Gasteiger partial charge on any atom is -0.400 e. The Hall–Kier alpha value is -5.55. The number of aliphatic imine (C=N–C) groups is 1. The zero-order chi connectivity index (χ0) is 81.3. The van der Waals surface area contributed by atoms with Crippen LogP contribution in [0, 0.1) is 17.3 Å². The van der Waals surface area contributed by atoms with E-state index in [0.717, 1.165) is 19.3 Å². The Labute approximate surface area is 649 Å². The minimum atomic E-state index is -1.44. The molecule has 39 heteroatoms. The van der Waals surface area contributed by atoms with Crippen LogP contribution in [0.25, 0.3) is 0 Å². The lowest BCUT2D eigenvalue weighted by atomic mass is 9.83. The van der Waals surface area contributed by atoms with Gasteiger partial charge < -0.3 is 126 Å². The van der Waals surface area contributed by atoms with E-state index in [1.54, 1.807) is 35.6 Å². The zero-order valence-electron chi connectivity index (χ0n) is 65.6. The van der Waals surface area contributed by atoms with Gasteiger partial charge in [-0.2, -0.15) is 5.10 Å². The van der Waals surface area contributed by atoms with E-state index < -0.39 is 172 Å². The van der Waals surface area contributed by atoms with Gasteiger partial charge in [0.2, 0.25) is 11.8 Å². The van der Waals surface area contributed by atoms with E-state index in [0.29, 0.717) is 159 Å². The molecule has 2 aromatic heterocycles. The van der Waals surface area contributed by atoms with E-state index in [2.05, 4.69) is 46.3 Å². The topological polar surface area (TPSA) is 566 Å². The van der Waals surface area contributed by atoms with Gasteiger partial charge in [-0.1, -0.05) is 51.5 Å². The van der Waals surface area contributed by atoms with E-state index in [4.69, 9.17) is 55.3 Å². The lowest BCUT2D eigenvalue weighted by Crippen LogP contribution is -2.64. The summed E-state index contributed by atoms with van der Waals surface area (Å²) in [5.74, 6) is 10.7. The number of carbonyl (C=O) groups is 3. The summed E-state index contributed by atoms with van der Waals surface area (Å²) in [6, 6.07) is -2.83. The summed E-state index contributed by atoms with van der Waals surface area (Å²) in [6.45, 7) is 13.9. The molecule has 636 valence electrons. The van der Waals surface area contributed by atoms with Crippen molar-refractivity contribution in [3.63, 3.8) is 0 Å². The number of aryl methyl sites for hydroxylation is 2. The van der Waals surface area contributed by atoms with Crippen molar-refractivity contribution < 1.29 is 114 Å². The molecule has 0 spiro atoms. The predicted molar refractivity (Wildman–Crippen MR) is 400 cm³/mol. The van der Waals surface area contributed by atoms with Crippen LogP contribution >= 0.6 is 0 Å². The Morgan fingerprint density at radius 1 is 0.568 bits per heavy atom. The maximum atomic E-state index is 14.9. The molecular formula is C72H130N16O23. The van der Waals surface area contributed by atoms with Crippen molar-refractivity contribution in [2.75, 3.05) is 85.6 Å². The highest BCUT2D eigenvalue weighted by Crippen LogP contribution is 2.31. The molecule has 20 N–H and O–H groups in total. The summed E-state index contributed by atoms with van der Waals surface area (Å²) in [5, 5.41) is 151. The van der Waals surface area contributed by atoms with Gasteiger partial charge in [-0.05, 0) is 96.4 Å². The van der Waals surface area contributed by atoms with Crippen molar-refractivity contribution >= 4 is 29.5 Å². The third-order valence-corrected chi connectivity index (χ3v) is 20.2. The number of nitrogens with zero attached hydrogens (tertiary/aromatic N) is 11. The number of rotatable bonds is 51. The number of nitrogens with two attached hydrogens (primary N) is 3. The molecule has 4 fully saturated rings. The Bertz CT molecular complexity index is 3080. The molecule has 1 unspecified atom stereocenters. The number of hydrogen-bond donors (Lipinski definition) is 17. The van der Waals surface area contributed by atoms with Crippen LogP contribution in [-0.4, -0.2) is 338 Å². The van der Waals surface area contributed by atoms with Gasteiger partial charge in [0.1, 0.15) is 73.1 Å². The van der Waals surface area contributed by atoms with Crippen LogP contribution in [0.4, 0.5) is 0 Å². The highest BCUT2D eigenvalue weighted by Gasteiger charge is 2.48. The van der Waals surface area contributed by atoms with Crippen LogP contribution in [0.15, 0.2) is 34.4 Å². The lowest BCUT2D eigenvalue weighted by Gasteiger charge is -2.42. The molecule has 2 aromatic rings. The number of hydrogen-bond acceptors (Lipinski definition) is 35. The van der Waals surface area contributed by atoms with E-state index in [1.165, 1.54) is 18.9 Å². The summed E-state index contributed by atoms with van der Waals surface area (Å²) in [5.41, 5.74) is 8.18. The molecule has 0 radical (unpaired) electrons. The third-order valence-electron chi connectivity index (χ3n) is 20.2. The quantitative estimate of drug-likeness (QED) is 0.0132. The number of aromatic nitrogens is 6. The van der Waals surface area contributed by atoms with Crippen LogP contribution in [0.3, 0.4) is 0 Å². The van der Waals surface area contributed by atoms with E-state index in [-0.39, 0.29) is 32.1 Å². The van der Waals surface area contributed by atoms with Gasteiger partial charge in [-0.25, -0.2) is 5.84 Å². The van der Waals surface area contributed by atoms with Gasteiger partial charge in [-0.15, -0.1) is 10.2 Å². The monoisotopic (exact) mass is 1590 g/mol. The second kappa shape index (κ2) is 48.7. The van der Waals surface area contributed by atoms with E-state index in [9.17, 15) is 75.7 Å². The van der Waals surface area contributed by atoms with E-state index >= 15 is 0 Å². The third kappa shape index (κ3) is 30.5. The molecule has 4 aliphatic heterocycles. The molecule has 0 aliphatic carbocycles. The Morgan fingerprint density at radius 3 is 1.40 bits per heavy atom. The highest BCUT2D eigenvalue weighted by atomic mass is 16.7. The average Bonchev–Trinajstić information content (AvgIpc) is 1.77. The number of nitrogens with one attached hydrogen (secondary N) is 2. The largest absolute Gasteiger partial charge is 0.400 e. The van der Waals surface area contributed by atoms with Gasteiger partial charge >= 0.3 is 0 Å². The predicted octanol–water partition coefficient (Wildman–Crippen LogP) is -3.53. The molecular weight excluding hydrogens is 1460 g/mol. The van der Waals surface area contributed by atoms with Gasteiger partial charge in [0.15, 0.2) is 30.9 Å². The second-order valence-corrected chi connectivity index (χ2v) is 30.5. The number of amides is 2. The summed E-state index contributed by atoms with van der Waals surface area (Å²) >= 11 is 0. The van der Waals surface area contributed by atoms with Gasteiger partial charge in [0.25, 0.3) is 0 Å². The van der Waals surface area contributed by atoms with Crippen molar-refractivity contribution in [2.24, 2.45) is 44.8 Å². The molecule has 21 atom stereocenters. The first-order chi connectivity index (χ1) is 53.0. The molecule has 111 heavy (non-hydrogen) atoms. The van der Waals surface area contributed by atoms with Gasteiger partial charge in [0.05, 0.1) is 61.8 Å². The van der Waals surface area contributed by atoms with Crippen LogP contribution in [0.5, 0.6) is 0 Å². The fourth-order valence-electron chi connectivity index (χ4n) is 13.7. The molecule has 6 rings (SSSR count). The van der Waals surface area contributed by atoms with Gasteiger partial charge in [0, 0.05) is 140 Å².